The summed E-state index contributed by atoms with van der Waals surface area (Å²) in [4.78, 5) is 13.8. The molecular weight excluding hydrogens is 234 g/mol. The largest absolute Gasteiger partial charge is 0.444 e. The molecule has 0 aromatic heterocycles. The van der Waals surface area contributed by atoms with Crippen molar-refractivity contribution >= 4 is 6.09 Å². The predicted molar refractivity (Wildman–Crippen MR) is 66.3 cm³/mol. The van der Waals surface area contributed by atoms with Crippen LogP contribution in [0.3, 0.4) is 0 Å². The summed E-state index contributed by atoms with van der Waals surface area (Å²) in [6.07, 6.45) is 2.79. The van der Waals surface area contributed by atoms with Crippen LogP contribution in [-0.4, -0.2) is 48.7 Å². The summed E-state index contributed by atoms with van der Waals surface area (Å²) in [6, 6.07) is 0. The quantitative estimate of drug-likeness (QED) is 0.727. The number of rotatable bonds is 3. The van der Waals surface area contributed by atoms with Crippen LogP contribution in [0.5, 0.6) is 0 Å². The molecule has 0 aromatic rings. The summed E-state index contributed by atoms with van der Waals surface area (Å²) < 4.78 is 16.3. The summed E-state index contributed by atoms with van der Waals surface area (Å²) >= 11 is 0. The van der Waals surface area contributed by atoms with Gasteiger partial charge in [-0.15, -0.1) is 0 Å². The molecule has 0 radical (unpaired) electrons. The van der Waals surface area contributed by atoms with Crippen molar-refractivity contribution in [1.29, 1.82) is 0 Å². The minimum Gasteiger partial charge on any atom is -0.444 e. The van der Waals surface area contributed by atoms with Crippen molar-refractivity contribution in [2.75, 3.05) is 19.8 Å². The second-order valence-corrected chi connectivity index (χ2v) is 5.91. The third kappa shape index (κ3) is 4.14. The zero-order valence-corrected chi connectivity index (χ0v) is 11.5. The zero-order chi connectivity index (χ0) is 13.2. The molecule has 5 nitrogen and oxygen atoms in total. The van der Waals surface area contributed by atoms with Crippen LogP contribution in [0.25, 0.3) is 0 Å². The van der Waals surface area contributed by atoms with Gasteiger partial charge < -0.3 is 14.2 Å². The number of nitrogens with zero attached hydrogens (tertiary/aromatic N) is 1. The lowest BCUT2D eigenvalue weighted by atomic mass is 10.1. The van der Waals surface area contributed by atoms with E-state index in [-0.39, 0.29) is 18.4 Å². The van der Waals surface area contributed by atoms with Gasteiger partial charge in [-0.2, -0.15) is 0 Å². The fourth-order valence-electron chi connectivity index (χ4n) is 1.99. The average Bonchev–Trinajstić information content (AvgIpc) is 3.08. The highest BCUT2D eigenvalue weighted by molar-refractivity contribution is 5.68. The second kappa shape index (κ2) is 5.45. The van der Waals surface area contributed by atoms with Crippen molar-refractivity contribution in [3.8, 4) is 0 Å². The van der Waals surface area contributed by atoms with Crippen molar-refractivity contribution in [1.82, 2.24) is 4.90 Å². The van der Waals surface area contributed by atoms with Crippen LogP contribution >= 0.6 is 0 Å². The molecule has 2 heterocycles. The van der Waals surface area contributed by atoms with Gasteiger partial charge in [-0.3, -0.25) is 4.90 Å². The molecule has 2 aliphatic heterocycles. The Balaban J connectivity index is 1.87. The van der Waals surface area contributed by atoms with E-state index < -0.39 is 5.60 Å². The second-order valence-electron chi connectivity index (χ2n) is 5.91. The highest BCUT2D eigenvalue weighted by Gasteiger charge is 2.33. The Bertz CT molecular complexity index is 296. The Morgan fingerprint density at radius 3 is 2.72 bits per heavy atom. The topological polar surface area (TPSA) is 51.3 Å². The summed E-state index contributed by atoms with van der Waals surface area (Å²) in [5.74, 6) is 0. The summed E-state index contributed by atoms with van der Waals surface area (Å²) in [5.41, 5.74) is -0.460. The van der Waals surface area contributed by atoms with Crippen LogP contribution in [0.4, 0.5) is 4.79 Å². The molecule has 2 atom stereocenters. The Morgan fingerprint density at radius 1 is 1.39 bits per heavy atom. The van der Waals surface area contributed by atoms with E-state index in [9.17, 15) is 4.79 Å². The fraction of sp³-hybridized carbons (Fsp3) is 0.923. The van der Waals surface area contributed by atoms with Gasteiger partial charge in [0.15, 0.2) is 0 Å². The number of hydrogen-bond acceptors (Lipinski definition) is 4. The van der Waals surface area contributed by atoms with Gasteiger partial charge in [0.25, 0.3) is 0 Å². The van der Waals surface area contributed by atoms with Crippen LogP contribution in [-0.2, 0) is 14.2 Å². The van der Waals surface area contributed by atoms with Gasteiger partial charge in [0.1, 0.15) is 17.9 Å². The van der Waals surface area contributed by atoms with Gasteiger partial charge in [0.05, 0.1) is 13.2 Å². The number of carbonyl (C=O) groups excluding carboxylic acids is 1. The molecule has 5 heteroatoms. The molecule has 0 saturated carbocycles. The predicted octanol–water partition coefficient (Wildman–Crippen LogP) is 2.15. The van der Waals surface area contributed by atoms with Crippen molar-refractivity contribution in [3.05, 3.63) is 0 Å². The number of amides is 1. The number of likely N-dealkylation sites (tertiary alicyclic amines) is 1. The maximum Gasteiger partial charge on any atom is 0.412 e. The first-order valence-corrected chi connectivity index (χ1v) is 6.68. The molecule has 104 valence electrons. The molecule has 2 rings (SSSR count). The van der Waals surface area contributed by atoms with E-state index in [2.05, 4.69) is 0 Å². The Kier molecular flexibility index (Phi) is 4.12. The van der Waals surface area contributed by atoms with Gasteiger partial charge in [-0.25, -0.2) is 4.79 Å². The van der Waals surface area contributed by atoms with E-state index in [1.807, 2.05) is 20.8 Å². The normalized spacial score (nSPS) is 28.1. The van der Waals surface area contributed by atoms with E-state index in [0.717, 1.165) is 25.9 Å². The van der Waals surface area contributed by atoms with Gasteiger partial charge in [-0.1, -0.05) is 0 Å². The van der Waals surface area contributed by atoms with Gasteiger partial charge in [0, 0.05) is 6.54 Å². The van der Waals surface area contributed by atoms with Crippen LogP contribution in [0, 0.1) is 0 Å². The molecule has 2 saturated heterocycles. The molecule has 1 amide bonds. The molecular formula is C13H23NO4. The highest BCUT2D eigenvalue weighted by atomic mass is 16.6. The molecule has 18 heavy (non-hydrogen) atoms. The lowest BCUT2D eigenvalue weighted by Gasteiger charge is -2.36. The monoisotopic (exact) mass is 257 g/mol. The van der Waals surface area contributed by atoms with Crippen LogP contribution in [0.1, 0.15) is 40.0 Å². The standard InChI is InChI=1S/C13H23NO4/c1-13(2,3)18-12(15)14-7-5-4-6-11(14)17-9-10-8-16-10/h10-11H,4-9H2,1-3H3/t10-,11?/m1/s1. The van der Waals surface area contributed by atoms with E-state index in [1.54, 1.807) is 4.90 Å². The minimum atomic E-state index is -0.460. The fourth-order valence-corrected chi connectivity index (χ4v) is 1.99. The first-order valence-electron chi connectivity index (χ1n) is 6.68. The maximum atomic E-state index is 12.1. The first kappa shape index (κ1) is 13.6. The molecule has 0 aromatic carbocycles. The smallest absolute Gasteiger partial charge is 0.412 e. The highest BCUT2D eigenvalue weighted by Crippen LogP contribution is 2.22. The third-order valence-electron chi connectivity index (χ3n) is 2.95. The van der Waals surface area contributed by atoms with E-state index in [0.29, 0.717) is 13.2 Å². The summed E-state index contributed by atoms with van der Waals surface area (Å²) in [6.45, 7) is 7.70. The molecule has 0 bridgehead atoms. The first-order chi connectivity index (χ1) is 8.46. The summed E-state index contributed by atoms with van der Waals surface area (Å²) in [7, 11) is 0. The Labute approximate surface area is 108 Å². The Hall–Kier alpha value is -0.810. The average molecular weight is 257 g/mol. The van der Waals surface area contributed by atoms with Gasteiger partial charge in [-0.05, 0) is 40.0 Å². The Morgan fingerprint density at radius 2 is 2.11 bits per heavy atom. The van der Waals surface area contributed by atoms with Crippen LogP contribution < -0.4 is 0 Å². The minimum absolute atomic E-state index is 0.155. The van der Waals surface area contributed by atoms with Crippen LogP contribution in [0.2, 0.25) is 0 Å². The zero-order valence-electron chi connectivity index (χ0n) is 11.5. The number of epoxide rings is 1. The van der Waals surface area contributed by atoms with Crippen molar-refractivity contribution < 1.29 is 19.0 Å². The van der Waals surface area contributed by atoms with E-state index in [1.165, 1.54) is 0 Å². The maximum absolute atomic E-state index is 12.1. The lowest BCUT2D eigenvalue weighted by molar-refractivity contribution is -0.0859. The molecule has 0 N–H and O–H groups in total. The van der Waals surface area contributed by atoms with Crippen molar-refractivity contribution in [2.45, 2.75) is 58.0 Å². The molecule has 0 aliphatic carbocycles. The van der Waals surface area contributed by atoms with Gasteiger partial charge in [0.2, 0.25) is 0 Å². The molecule has 0 spiro atoms. The number of ether oxygens (including phenoxy) is 3. The number of carbonyl (C=O) groups is 1. The summed E-state index contributed by atoms with van der Waals surface area (Å²) in [5, 5.41) is 0. The third-order valence-corrected chi connectivity index (χ3v) is 2.95. The van der Waals surface area contributed by atoms with E-state index >= 15 is 0 Å². The van der Waals surface area contributed by atoms with Crippen molar-refractivity contribution in [3.63, 3.8) is 0 Å². The number of hydrogen-bond donors (Lipinski definition) is 0. The lowest BCUT2D eigenvalue weighted by Crippen LogP contribution is -2.47. The molecule has 2 fully saturated rings. The SMILES string of the molecule is CC(C)(C)OC(=O)N1CCCCC1OC[C@H]1CO1. The molecule has 2 aliphatic rings. The van der Waals surface area contributed by atoms with Crippen molar-refractivity contribution in [2.24, 2.45) is 0 Å². The van der Waals surface area contributed by atoms with E-state index in [4.69, 9.17) is 14.2 Å². The van der Waals surface area contributed by atoms with Gasteiger partial charge >= 0.3 is 6.09 Å². The molecule has 1 unspecified atom stereocenters. The number of piperidine rings is 1. The van der Waals surface area contributed by atoms with Crippen LogP contribution in [0.15, 0.2) is 0 Å².